The second kappa shape index (κ2) is 13.4. The number of hydrogen-bond donors (Lipinski definition) is 0. The van der Waals surface area contributed by atoms with Gasteiger partial charge in [-0.25, -0.2) is 0 Å². The van der Waals surface area contributed by atoms with E-state index in [4.69, 9.17) is 4.43 Å². The number of alkyl halides is 1. The summed E-state index contributed by atoms with van der Waals surface area (Å²) < 4.78 is 7.83. The summed E-state index contributed by atoms with van der Waals surface area (Å²) >= 11 is 2.10. The van der Waals surface area contributed by atoms with Crippen LogP contribution in [0.15, 0.2) is 91.0 Å². The van der Waals surface area contributed by atoms with Crippen molar-refractivity contribution in [3.05, 3.63) is 96.6 Å². The third kappa shape index (κ3) is 8.23. The number of halogens is 1. The van der Waals surface area contributed by atoms with Crippen LogP contribution in [0.5, 0.6) is 0 Å². The molecule has 0 heterocycles. The van der Waals surface area contributed by atoms with Crippen molar-refractivity contribution in [1.82, 2.24) is 0 Å². The van der Waals surface area contributed by atoms with Gasteiger partial charge >= 0.3 is 31.6 Å². The van der Waals surface area contributed by atoms with E-state index in [9.17, 15) is 0 Å². The Morgan fingerprint density at radius 3 is 1.54 bits per heavy atom. The van der Waals surface area contributed by atoms with E-state index in [0.29, 0.717) is 0 Å². The normalized spacial score (nSPS) is 11.8. The molecule has 4 heteroatoms. The number of benzene rings is 3. The predicted octanol–water partition coefficient (Wildman–Crippen LogP) is 5.75. The van der Waals surface area contributed by atoms with Gasteiger partial charge in [-0.1, -0.05) is 114 Å². The zero-order chi connectivity index (χ0) is 20.2. The van der Waals surface area contributed by atoms with E-state index in [1.54, 1.807) is 0 Å². The second-order valence-corrected chi connectivity index (χ2v) is 16.5. The van der Waals surface area contributed by atoms with Gasteiger partial charge in [0.15, 0.2) is 0 Å². The van der Waals surface area contributed by atoms with Gasteiger partial charge < -0.3 is 4.43 Å². The molecule has 1 unspecified atom stereocenters. The van der Waals surface area contributed by atoms with E-state index in [-0.39, 0.29) is 20.5 Å². The summed E-state index contributed by atoms with van der Waals surface area (Å²) in [5.74, 6) is 7.00. The zero-order valence-corrected chi connectivity index (χ0v) is 22.2. The summed E-state index contributed by atoms with van der Waals surface area (Å²) in [5.41, 5.74) is 1.27. The van der Waals surface area contributed by atoms with Crippen molar-refractivity contribution in [3.8, 4) is 0 Å². The Morgan fingerprint density at radius 2 is 1.14 bits per heavy atom. The summed E-state index contributed by atoms with van der Waals surface area (Å²) in [6, 6.07) is 31.9. The first-order valence-electron chi connectivity index (χ1n) is 9.64. The Bertz CT molecular complexity index is 726. The maximum atomic E-state index is 6.75. The SMILES string of the molecule is ICCC(O[Si](c1ccccc1)c1ccccc1)c1ccccc1.[CH3][Ge]([CH3])[CH3]. The van der Waals surface area contributed by atoms with Crippen molar-refractivity contribution < 1.29 is 4.43 Å². The molecule has 0 saturated carbocycles. The van der Waals surface area contributed by atoms with Crippen LogP contribution in [0.25, 0.3) is 0 Å². The van der Waals surface area contributed by atoms with Crippen molar-refractivity contribution in [2.75, 3.05) is 4.43 Å². The second-order valence-electron chi connectivity index (χ2n) is 7.06. The van der Waals surface area contributed by atoms with Crippen LogP contribution in [-0.2, 0) is 4.43 Å². The Hall–Kier alpha value is -0.890. The molecule has 0 fully saturated rings. The first kappa shape index (κ1) is 23.4. The monoisotopic (exact) mass is 562 g/mol. The number of rotatable bonds is 7. The molecule has 3 aromatic rings. The van der Waals surface area contributed by atoms with E-state index >= 15 is 0 Å². The van der Waals surface area contributed by atoms with Crippen molar-refractivity contribution in [3.63, 3.8) is 0 Å². The number of hydrogen-bond acceptors (Lipinski definition) is 1. The third-order valence-electron chi connectivity index (χ3n) is 3.87. The fraction of sp³-hybridized carbons (Fsp3) is 0.250. The molecular formula is C24H29GeIOSi. The summed E-state index contributed by atoms with van der Waals surface area (Å²) in [7, 11) is -1.27. The quantitative estimate of drug-likeness (QED) is 0.203. The van der Waals surface area contributed by atoms with Gasteiger partial charge in [-0.3, -0.25) is 0 Å². The standard InChI is InChI=1S/C21H20IOSi.C3H9Ge/c22-17-16-21(18-10-4-1-5-11-18)23-24(19-12-6-2-7-13-19)20-14-8-3-9-15-20;1-4(2)3/h1-15,21H,16-17H2;1-3H3. The van der Waals surface area contributed by atoms with Crippen molar-refractivity contribution >= 4 is 56.4 Å². The molecule has 0 aliphatic rings. The average molecular weight is 561 g/mol. The summed E-state index contributed by atoms with van der Waals surface area (Å²) in [6.07, 6.45) is 1.16. The Balaban J connectivity index is 0.000000640. The van der Waals surface area contributed by atoms with Crippen molar-refractivity contribution in [2.45, 2.75) is 29.8 Å². The first-order chi connectivity index (χ1) is 13.6. The van der Waals surface area contributed by atoms with Crippen LogP contribution in [-0.4, -0.2) is 27.8 Å². The molecule has 0 aliphatic heterocycles. The van der Waals surface area contributed by atoms with Crippen LogP contribution < -0.4 is 10.4 Å². The molecule has 0 bridgehead atoms. The van der Waals surface area contributed by atoms with E-state index in [2.05, 4.69) is 131 Å². The van der Waals surface area contributed by atoms with Crippen molar-refractivity contribution in [2.24, 2.45) is 0 Å². The molecule has 0 spiro atoms. The summed E-state index contributed by atoms with van der Waals surface area (Å²) in [6.45, 7) is 0. The third-order valence-corrected chi connectivity index (χ3v) is 6.73. The summed E-state index contributed by atoms with van der Waals surface area (Å²) in [5, 5.41) is 2.59. The minimum absolute atomic E-state index is 0.136. The van der Waals surface area contributed by atoms with Gasteiger partial charge in [0.05, 0.1) is 6.10 Å². The van der Waals surface area contributed by atoms with E-state index in [1.165, 1.54) is 15.9 Å². The molecule has 1 nitrogen and oxygen atoms in total. The van der Waals surface area contributed by atoms with Crippen LogP contribution in [0.4, 0.5) is 0 Å². The molecule has 2 radical (unpaired) electrons. The van der Waals surface area contributed by atoms with E-state index in [0.717, 1.165) is 10.8 Å². The van der Waals surface area contributed by atoms with Crippen LogP contribution >= 0.6 is 22.6 Å². The molecule has 3 aromatic carbocycles. The Morgan fingerprint density at radius 1 is 0.750 bits per heavy atom. The van der Waals surface area contributed by atoms with Gasteiger partial charge in [0.1, 0.15) is 0 Å². The Kier molecular flexibility index (Phi) is 11.2. The molecule has 0 aliphatic carbocycles. The molecule has 28 heavy (non-hydrogen) atoms. The first-order valence-corrected chi connectivity index (χ1v) is 18.9. The molecular weight excluding hydrogens is 532 g/mol. The van der Waals surface area contributed by atoms with Crippen molar-refractivity contribution in [1.29, 1.82) is 0 Å². The average Bonchev–Trinajstić information content (AvgIpc) is 2.72. The van der Waals surface area contributed by atoms with Gasteiger partial charge in [-0.05, 0) is 22.4 Å². The van der Waals surface area contributed by atoms with E-state index in [1.807, 2.05) is 0 Å². The molecule has 0 aromatic heterocycles. The van der Waals surface area contributed by atoms with Gasteiger partial charge in [-0.15, -0.1) is 0 Å². The van der Waals surface area contributed by atoms with Crippen LogP contribution in [0.1, 0.15) is 18.1 Å². The van der Waals surface area contributed by atoms with Gasteiger partial charge in [0.2, 0.25) is 0 Å². The van der Waals surface area contributed by atoms with Crippen LogP contribution in [0.3, 0.4) is 0 Å². The predicted molar refractivity (Wildman–Crippen MR) is 135 cm³/mol. The summed E-state index contributed by atoms with van der Waals surface area (Å²) in [4.78, 5) is 0. The molecule has 0 N–H and O–H groups in total. The van der Waals surface area contributed by atoms with Crippen LogP contribution in [0, 0.1) is 0 Å². The fourth-order valence-electron chi connectivity index (χ4n) is 2.68. The minimum atomic E-state index is -1.27. The zero-order valence-electron chi connectivity index (χ0n) is 16.9. The van der Waals surface area contributed by atoms with Gasteiger partial charge in [0.25, 0.3) is 9.04 Å². The van der Waals surface area contributed by atoms with Gasteiger partial charge in [-0.2, -0.15) is 0 Å². The topological polar surface area (TPSA) is 9.23 Å². The molecule has 0 amide bonds. The van der Waals surface area contributed by atoms with Gasteiger partial charge in [0, 0.05) is 4.43 Å². The van der Waals surface area contributed by atoms with E-state index < -0.39 is 9.04 Å². The molecule has 1 atom stereocenters. The Labute approximate surface area is 190 Å². The fourth-order valence-corrected chi connectivity index (χ4v) is 5.38. The molecule has 146 valence electrons. The van der Waals surface area contributed by atoms with Crippen LogP contribution in [0.2, 0.25) is 17.3 Å². The molecule has 0 saturated heterocycles. The molecule has 3 rings (SSSR count). The maximum absolute atomic E-state index is 6.75.